The fourth-order valence-corrected chi connectivity index (χ4v) is 3.23. The van der Waals surface area contributed by atoms with Gasteiger partial charge in [-0.05, 0) is 0 Å². The molecule has 3 N–H and O–H groups in total. The first-order chi connectivity index (χ1) is 5.41. The van der Waals surface area contributed by atoms with Crippen LogP contribution < -0.4 is 3.07 Å². The van der Waals surface area contributed by atoms with Gasteiger partial charge in [0.05, 0.1) is 0 Å². The average Bonchev–Trinajstić information content (AvgIpc) is 1.92. The molecule has 69 valence electrons. The molecule has 0 aromatic heterocycles. The summed E-state index contributed by atoms with van der Waals surface area (Å²) in [5, 5.41) is 0. The molecule has 0 saturated carbocycles. The third-order valence-electron chi connectivity index (χ3n) is 1.62. The van der Waals surface area contributed by atoms with Crippen molar-refractivity contribution in [2.75, 3.05) is 0 Å². The zero-order chi connectivity index (χ0) is 9.35. The van der Waals surface area contributed by atoms with Gasteiger partial charge >= 0.3 is 87.9 Å². The van der Waals surface area contributed by atoms with Crippen LogP contribution in [0.1, 0.15) is 5.56 Å². The Labute approximate surface area is 93.0 Å². The molecule has 6 heteroatoms. The van der Waals surface area contributed by atoms with Crippen LogP contribution in [0.4, 0.5) is 0 Å². The van der Waals surface area contributed by atoms with Gasteiger partial charge in [0.25, 0.3) is 0 Å². The third-order valence-corrected chi connectivity index (χ3v) is 5.43. The molecule has 0 saturated heterocycles. The van der Waals surface area contributed by atoms with Crippen molar-refractivity contribution in [2.24, 2.45) is 0 Å². The van der Waals surface area contributed by atoms with E-state index in [9.17, 15) is 8.42 Å². The summed E-state index contributed by atoms with van der Waals surface area (Å²) in [5.41, 5.74) is 1.09. The number of hydrogen-bond acceptors (Lipinski definition) is 2. The summed E-state index contributed by atoms with van der Waals surface area (Å²) in [6.45, 7) is 1.93. The van der Waals surface area contributed by atoms with Gasteiger partial charge in [0.2, 0.25) is 0 Å². The van der Waals surface area contributed by atoms with Gasteiger partial charge in [0.15, 0.2) is 0 Å². The molecule has 0 heterocycles. The molecule has 0 spiro atoms. The van der Waals surface area contributed by atoms with Crippen LogP contribution in [-0.2, 0) is 36.2 Å². The van der Waals surface area contributed by atoms with Crippen LogP contribution in [0, 0.1) is 6.92 Å². The van der Waals surface area contributed by atoms with E-state index >= 15 is 0 Å². The first-order valence-electron chi connectivity index (χ1n) is 3.31. The van der Waals surface area contributed by atoms with Crippen molar-refractivity contribution in [3.63, 3.8) is 0 Å². The Bertz CT molecular complexity index is 399. The van der Waals surface area contributed by atoms with Gasteiger partial charge in [0.1, 0.15) is 0 Å². The number of rotatable bonds is 1. The van der Waals surface area contributed by atoms with E-state index in [1.54, 1.807) is 6.07 Å². The molecule has 0 aliphatic heterocycles. The van der Waals surface area contributed by atoms with Crippen LogP contribution in [0.5, 0.6) is 0 Å². The maximum Gasteiger partial charge on any atom is -0.412 e. The summed E-state index contributed by atoms with van der Waals surface area (Å²) in [6, 6.07) is 4.67. The van der Waals surface area contributed by atoms with Gasteiger partial charge in [-0.3, -0.25) is 0 Å². The number of hydrogen-bond donors (Lipinski definition) is 1. The summed E-state index contributed by atoms with van der Waals surface area (Å²) < 4.78 is 31.1. The first kappa shape index (κ1) is 13.0. The Kier molecular flexibility index (Phi) is 4.51. The maximum atomic E-state index is 10.7. The Hall–Kier alpha value is 0.0251. The Morgan fingerprint density at radius 3 is 2.31 bits per heavy atom. The molecular weight excluding hydrogens is 381 g/mol. The van der Waals surface area contributed by atoms with Crippen LogP contribution in [0.15, 0.2) is 23.1 Å². The van der Waals surface area contributed by atoms with Gasteiger partial charge in [0, 0.05) is 0 Å². The Balaban J connectivity index is 0.00000144. The van der Waals surface area contributed by atoms with Crippen molar-refractivity contribution in [2.45, 2.75) is 11.8 Å². The SMILES string of the molecule is Cc1ccc(S(=O)(=O)O)c[c]1[Hg].O. The predicted molar refractivity (Wildman–Crippen MR) is 44.2 cm³/mol. The summed E-state index contributed by atoms with van der Waals surface area (Å²) >= 11 is 0.378. The summed E-state index contributed by atoms with van der Waals surface area (Å²) in [5.74, 6) is 0. The topological polar surface area (TPSA) is 85.9 Å². The van der Waals surface area contributed by atoms with E-state index in [1.165, 1.54) is 12.1 Å². The van der Waals surface area contributed by atoms with E-state index in [2.05, 4.69) is 0 Å². The van der Waals surface area contributed by atoms with Crippen LogP contribution >= 0.6 is 0 Å². The average molecular weight is 390 g/mol. The molecule has 0 amide bonds. The van der Waals surface area contributed by atoms with Crippen molar-refractivity contribution < 1.29 is 44.6 Å². The van der Waals surface area contributed by atoms with Crippen molar-refractivity contribution >= 4 is 13.2 Å². The molecule has 1 aromatic rings. The quantitative estimate of drug-likeness (QED) is 0.523. The van der Waals surface area contributed by atoms with Crippen LogP contribution in [0.3, 0.4) is 0 Å². The number of benzene rings is 1. The van der Waals surface area contributed by atoms with Gasteiger partial charge < -0.3 is 5.48 Å². The Morgan fingerprint density at radius 2 is 1.92 bits per heavy atom. The molecule has 0 fully saturated rings. The monoisotopic (exact) mass is 391 g/mol. The molecule has 0 unspecified atom stereocenters. The molecule has 1 rings (SSSR count). The normalized spacial score (nSPS) is 10.8. The molecule has 13 heavy (non-hydrogen) atoms. The third kappa shape index (κ3) is 3.34. The van der Waals surface area contributed by atoms with E-state index < -0.39 is 10.1 Å². The van der Waals surface area contributed by atoms with E-state index in [4.69, 9.17) is 4.55 Å². The molecule has 0 radical (unpaired) electrons. The number of aryl methyl sites for hydroxylation is 1. The molecule has 0 bridgehead atoms. The van der Waals surface area contributed by atoms with E-state index in [1.807, 2.05) is 6.92 Å². The minimum Gasteiger partial charge on any atom is -0.412 e. The molecule has 0 atom stereocenters. The second kappa shape index (κ2) is 4.50. The van der Waals surface area contributed by atoms with Gasteiger partial charge in [-0.15, -0.1) is 0 Å². The largest absolute Gasteiger partial charge is 0.412 e. The summed E-state index contributed by atoms with van der Waals surface area (Å²) in [6.07, 6.45) is 0. The minimum atomic E-state index is -4.01. The van der Waals surface area contributed by atoms with E-state index in [0.717, 1.165) is 8.64 Å². The predicted octanol–water partition coefficient (Wildman–Crippen LogP) is -0.411. The summed E-state index contributed by atoms with van der Waals surface area (Å²) in [4.78, 5) is -0.00176. The van der Waals surface area contributed by atoms with Gasteiger partial charge in [-0.1, -0.05) is 0 Å². The molecule has 4 nitrogen and oxygen atoms in total. The van der Waals surface area contributed by atoms with Crippen LogP contribution in [0.25, 0.3) is 0 Å². The fourth-order valence-electron chi connectivity index (χ4n) is 0.808. The maximum absolute atomic E-state index is 10.7. The van der Waals surface area contributed by atoms with Gasteiger partial charge in [-0.25, -0.2) is 0 Å². The van der Waals surface area contributed by atoms with Crippen molar-refractivity contribution in [3.05, 3.63) is 23.8 Å². The van der Waals surface area contributed by atoms with Gasteiger partial charge in [-0.2, -0.15) is 0 Å². The smallest absolute Gasteiger partial charge is 0.412 e. The standard InChI is InChI=1S/C7H7O3S.Hg.H2O/c1-6-2-4-7(5-3-6)11(8,9)10;;/h2,4-5H,1H3,(H,8,9,10);;1H2. The second-order valence-electron chi connectivity index (χ2n) is 2.56. The molecule has 0 aliphatic rings. The van der Waals surface area contributed by atoms with E-state index in [-0.39, 0.29) is 10.4 Å². The fraction of sp³-hybridized carbons (Fsp3) is 0.143. The minimum absolute atomic E-state index is 0. The van der Waals surface area contributed by atoms with Crippen molar-refractivity contribution in [1.29, 1.82) is 0 Å². The zero-order valence-corrected chi connectivity index (χ0v) is 13.4. The Morgan fingerprint density at radius 1 is 1.38 bits per heavy atom. The van der Waals surface area contributed by atoms with Crippen LogP contribution in [0.2, 0.25) is 0 Å². The zero-order valence-electron chi connectivity index (χ0n) is 7.11. The van der Waals surface area contributed by atoms with Crippen molar-refractivity contribution in [3.8, 4) is 0 Å². The van der Waals surface area contributed by atoms with E-state index in [0.29, 0.717) is 26.1 Å². The second-order valence-corrected chi connectivity index (χ2v) is 6.95. The molecular formula is C7H9HgO4S. The van der Waals surface area contributed by atoms with Crippen LogP contribution in [-0.4, -0.2) is 18.4 Å². The summed E-state index contributed by atoms with van der Waals surface area (Å²) in [7, 11) is -4.01. The molecule has 0 aliphatic carbocycles. The first-order valence-corrected chi connectivity index (χ1v) is 7.50. The van der Waals surface area contributed by atoms with Crippen molar-refractivity contribution in [1.82, 2.24) is 0 Å². The molecule has 1 aromatic carbocycles.